The molecule has 0 spiro atoms. The third-order valence-electron chi connectivity index (χ3n) is 4.16. The van der Waals surface area contributed by atoms with Crippen LogP contribution in [0.3, 0.4) is 0 Å². The van der Waals surface area contributed by atoms with Crippen molar-refractivity contribution >= 4 is 11.4 Å². The molecule has 5 nitrogen and oxygen atoms in total. The smallest absolute Gasteiger partial charge is 0.163 e. The second-order valence-electron chi connectivity index (χ2n) is 5.68. The van der Waals surface area contributed by atoms with E-state index in [1.54, 1.807) is 7.11 Å². The summed E-state index contributed by atoms with van der Waals surface area (Å²) in [4.78, 5) is 0. The Hall–Kier alpha value is -1.62. The SMILES string of the molecule is COCCC1(CNc2cc3c(cc2N)OCCO3)CC1. The zero-order valence-corrected chi connectivity index (χ0v) is 11.9. The molecule has 1 aliphatic carbocycles. The van der Waals surface area contributed by atoms with Gasteiger partial charge in [-0.15, -0.1) is 0 Å². The van der Waals surface area contributed by atoms with Gasteiger partial charge in [-0.3, -0.25) is 0 Å². The van der Waals surface area contributed by atoms with Gasteiger partial charge in [0.25, 0.3) is 0 Å². The van der Waals surface area contributed by atoms with Gasteiger partial charge >= 0.3 is 0 Å². The maximum Gasteiger partial charge on any atom is 0.163 e. The predicted octanol–water partition coefficient (Wildman–Crippen LogP) is 2.27. The molecule has 0 amide bonds. The van der Waals surface area contributed by atoms with Gasteiger partial charge in [-0.1, -0.05) is 0 Å². The summed E-state index contributed by atoms with van der Waals surface area (Å²) < 4.78 is 16.3. The van der Waals surface area contributed by atoms with Gasteiger partial charge < -0.3 is 25.3 Å². The van der Waals surface area contributed by atoms with Crippen LogP contribution >= 0.6 is 0 Å². The van der Waals surface area contributed by atoms with E-state index in [1.165, 1.54) is 12.8 Å². The molecule has 20 heavy (non-hydrogen) atoms. The molecular weight excluding hydrogens is 256 g/mol. The summed E-state index contributed by atoms with van der Waals surface area (Å²) in [6.07, 6.45) is 3.61. The van der Waals surface area contributed by atoms with Crippen molar-refractivity contribution in [1.29, 1.82) is 0 Å². The van der Waals surface area contributed by atoms with Crippen LogP contribution in [0.2, 0.25) is 0 Å². The Morgan fingerprint density at radius 3 is 2.60 bits per heavy atom. The fraction of sp³-hybridized carbons (Fsp3) is 0.600. The summed E-state index contributed by atoms with van der Waals surface area (Å²) in [6.45, 7) is 2.92. The van der Waals surface area contributed by atoms with Gasteiger partial charge in [-0.05, 0) is 24.7 Å². The molecule has 2 aliphatic rings. The minimum absolute atomic E-state index is 0.385. The molecule has 5 heteroatoms. The zero-order valence-electron chi connectivity index (χ0n) is 11.9. The standard InChI is InChI=1S/C15H22N2O3/c1-18-5-4-15(2-3-15)10-17-12-9-14-13(8-11(12)16)19-6-7-20-14/h8-9,17H,2-7,10,16H2,1H3. The Labute approximate surface area is 119 Å². The molecule has 0 atom stereocenters. The van der Waals surface area contributed by atoms with Crippen LogP contribution in [-0.2, 0) is 4.74 Å². The second-order valence-corrected chi connectivity index (χ2v) is 5.68. The number of hydrogen-bond acceptors (Lipinski definition) is 5. The molecular formula is C15H22N2O3. The van der Waals surface area contributed by atoms with Crippen LogP contribution in [0.1, 0.15) is 19.3 Å². The number of anilines is 2. The van der Waals surface area contributed by atoms with E-state index >= 15 is 0 Å². The van der Waals surface area contributed by atoms with Crippen molar-refractivity contribution in [1.82, 2.24) is 0 Å². The summed E-state index contributed by atoms with van der Waals surface area (Å²) in [7, 11) is 1.75. The van der Waals surface area contributed by atoms with Gasteiger partial charge in [0.05, 0.1) is 11.4 Å². The maximum absolute atomic E-state index is 6.07. The van der Waals surface area contributed by atoms with Crippen molar-refractivity contribution in [3.63, 3.8) is 0 Å². The van der Waals surface area contributed by atoms with Crippen LogP contribution in [0.25, 0.3) is 0 Å². The van der Waals surface area contributed by atoms with E-state index in [0.29, 0.717) is 24.3 Å². The van der Waals surface area contributed by atoms with Gasteiger partial charge in [0, 0.05) is 32.4 Å². The molecule has 0 unspecified atom stereocenters. The second kappa shape index (κ2) is 5.40. The molecule has 0 saturated heterocycles. The Bertz CT molecular complexity index is 486. The van der Waals surface area contributed by atoms with Crippen LogP contribution in [-0.4, -0.2) is 33.5 Å². The van der Waals surface area contributed by atoms with Gasteiger partial charge in [0.15, 0.2) is 11.5 Å². The lowest BCUT2D eigenvalue weighted by atomic mass is 10.0. The normalized spacial score (nSPS) is 18.6. The Morgan fingerprint density at radius 1 is 1.25 bits per heavy atom. The first-order valence-electron chi connectivity index (χ1n) is 7.14. The zero-order chi connectivity index (χ0) is 14.0. The quantitative estimate of drug-likeness (QED) is 0.781. The molecule has 1 aromatic carbocycles. The average Bonchev–Trinajstić information content (AvgIpc) is 3.23. The first-order valence-corrected chi connectivity index (χ1v) is 7.14. The van der Waals surface area contributed by atoms with E-state index in [4.69, 9.17) is 19.9 Å². The Kier molecular flexibility index (Phi) is 3.61. The molecule has 0 radical (unpaired) electrons. The summed E-state index contributed by atoms with van der Waals surface area (Å²) in [5.41, 5.74) is 8.09. The molecule has 0 bridgehead atoms. The van der Waals surface area contributed by atoms with E-state index in [2.05, 4.69) is 5.32 Å². The largest absolute Gasteiger partial charge is 0.486 e. The van der Waals surface area contributed by atoms with Crippen LogP contribution in [0.5, 0.6) is 11.5 Å². The van der Waals surface area contributed by atoms with Crippen molar-refractivity contribution < 1.29 is 14.2 Å². The van der Waals surface area contributed by atoms with Gasteiger partial charge in [0.1, 0.15) is 13.2 Å². The van der Waals surface area contributed by atoms with E-state index in [0.717, 1.165) is 36.8 Å². The molecule has 3 rings (SSSR count). The number of nitrogens with two attached hydrogens (primary N) is 1. The van der Waals surface area contributed by atoms with Crippen molar-refractivity contribution in [3.05, 3.63) is 12.1 Å². The van der Waals surface area contributed by atoms with Crippen LogP contribution in [0, 0.1) is 5.41 Å². The van der Waals surface area contributed by atoms with Crippen molar-refractivity contribution in [3.8, 4) is 11.5 Å². The lowest BCUT2D eigenvalue weighted by Gasteiger charge is -2.22. The lowest BCUT2D eigenvalue weighted by Crippen LogP contribution is -2.19. The molecule has 1 saturated carbocycles. The van der Waals surface area contributed by atoms with E-state index in [1.807, 2.05) is 12.1 Å². The first kappa shape index (κ1) is 13.4. The predicted molar refractivity (Wildman–Crippen MR) is 78.5 cm³/mol. The molecule has 3 N–H and O–H groups in total. The highest BCUT2D eigenvalue weighted by Gasteiger charge is 2.41. The lowest BCUT2D eigenvalue weighted by molar-refractivity contribution is 0.171. The number of nitrogen functional groups attached to an aromatic ring is 1. The maximum atomic E-state index is 6.07. The van der Waals surface area contributed by atoms with Gasteiger partial charge in [-0.2, -0.15) is 0 Å². The minimum atomic E-state index is 0.385. The fourth-order valence-electron chi connectivity index (χ4n) is 2.55. The van der Waals surface area contributed by atoms with Gasteiger partial charge in [0.2, 0.25) is 0 Å². The third-order valence-corrected chi connectivity index (χ3v) is 4.16. The third kappa shape index (κ3) is 2.77. The minimum Gasteiger partial charge on any atom is -0.486 e. The number of ether oxygens (including phenoxy) is 3. The van der Waals surface area contributed by atoms with Crippen molar-refractivity contribution in [2.45, 2.75) is 19.3 Å². The van der Waals surface area contributed by atoms with Crippen LogP contribution in [0.4, 0.5) is 11.4 Å². The molecule has 1 fully saturated rings. The highest BCUT2D eigenvalue weighted by Crippen LogP contribution is 2.49. The number of benzene rings is 1. The Balaban J connectivity index is 1.65. The van der Waals surface area contributed by atoms with Crippen molar-refractivity contribution in [2.75, 3.05) is 44.5 Å². The number of fused-ring (bicyclic) bond motifs is 1. The summed E-state index contributed by atoms with van der Waals surface area (Å²) in [5.74, 6) is 1.51. The highest BCUT2D eigenvalue weighted by atomic mass is 16.6. The molecule has 1 heterocycles. The molecule has 0 aromatic heterocycles. The molecule has 1 aliphatic heterocycles. The van der Waals surface area contributed by atoms with Gasteiger partial charge in [-0.25, -0.2) is 0 Å². The first-order chi connectivity index (χ1) is 9.72. The van der Waals surface area contributed by atoms with Crippen molar-refractivity contribution in [2.24, 2.45) is 5.41 Å². The van der Waals surface area contributed by atoms with Crippen LogP contribution < -0.4 is 20.5 Å². The summed E-state index contributed by atoms with van der Waals surface area (Å²) >= 11 is 0. The monoisotopic (exact) mass is 278 g/mol. The summed E-state index contributed by atoms with van der Waals surface area (Å²) in [6, 6.07) is 3.78. The Morgan fingerprint density at radius 2 is 1.95 bits per heavy atom. The van der Waals surface area contributed by atoms with E-state index in [9.17, 15) is 0 Å². The molecule has 110 valence electrons. The highest BCUT2D eigenvalue weighted by molar-refractivity contribution is 5.72. The average molecular weight is 278 g/mol. The number of hydrogen-bond donors (Lipinski definition) is 2. The number of rotatable bonds is 6. The number of nitrogens with one attached hydrogen (secondary N) is 1. The number of methoxy groups -OCH3 is 1. The topological polar surface area (TPSA) is 65.7 Å². The van der Waals surface area contributed by atoms with E-state index < -0.39 is 0 Å². The van der Waals surface area contributed by atoms with Crippen LogP contribution in [0.15, 0.2) is 12.1 Å². The fourth-order valence-corrected chi connectivity index (χ4v) is 2.55. The summed E-state index contributed by atoms with van der Waals surface area (Å²) in [5, 5.41) is 3.46. The molecule has 1 aromatic rings. The van der Waals surface area contributed by atoms with E-state index in [-0.39, 0.29) is 0 Å².